The van der Waals surface area contributed by atoms with Gasteiger partial charge in [0.25, 0.3) is 0 Å². The molecule has 2 nitrogen and oxygen atoms in total. The molecule has 2 aliphatic carbocycles. The van der Waals surface area contributed by atoms with Crippen LogP contribution in [0.25, 0.3) is 0 Å². The first-order chi connectivity index (χ1) is 7.90. The van der Waals surface area contributed by atoms with E-state index in [-0.39, 0.29) is 0 Å². The molecule has 2 heteroatoms. The highest BCUT2D eigenvalue weighted by Crippen LogP contribution is 2.26. The van der Waals surface area contributed by atoms with Gasteiger partial charge >= 0.3 is 0 Å². The highest BCUT2D eigenvalue weighted by Gasteiger charge is 2.26. The second-order valence-corrected chi connectivity index (χ2v) is 5.74. The minimum atomic E-state index is 0.724. The monoisotopic (exact) mass is 224 g/mol. The smallest absolute Gasteiger partial charge is 0.0110 e. The predicted molar refractivity (Wildman–Crippen MR) is 69.4 cm³/mol. The minimum absolute atomic E-state index is 0.724. The van der Waals surface area contributed by atoms with Gasteiger partial charge in [0.15, 0.2) is 0 Å². The first-order valence-electron chi connectivity index (χ1n) is 7.36. The molecular formula is C14H28N2. The summed E-state index contributed by atoms with van der Waals surface area (Å²) in [6, 6.07) is 1.52. The summed E-state index contributed by atoms with van der Waals surface area (Å²) in [7, 11) is 0. The lowest BCUT2D eigenvalue weighted by molar-refractivity contribution is 0.239. The van der Waals surface area contributed by atoms with Crippen LogP contribution in [-0.2, 0) is 0 Å². The van der Waals surface area contributed by atoms with E-state index in [0.29, 0.717) is 0 Å². The van der Waals surface area contributed by atoms with Crippen molar-refractivity contribution < 1.29 is 0 Å². The van der Waals surface area contributed by atoms with E-state index in [1.165, 1.54) is 64.2 Å². The van der Waals surface area contributed by atoms with E-state index in [4.69, 9.17) is 5.73 Å². The molecule has 0 amide bonds. The molecule has 0 radical (unpaired) electrons. The summed E-state index contributed by atoms with van der Waals surface area (Å²) in [6.45, 7) is 0.879. The zero-order valence-corrected chi connectivity index (χ0v) is 10.6. The largest absolute Gasteiger partial charge is 0.330 e. The molecule has 0 aromatic carbocycles. The van der Waals surface area contributed by atoms with Crippen LogP contribution < -0.4 is 11.1 Å². The maximum atomic E-state index is 5.89. The summed E-state index contributed by atoms with van der Waals surface area (Å²) in [5.74, 6) is 0.747. The van der Waals surface area contributed by atoms with Crippen molar-refractivity contribution in [3.05, 3.63) is 0 Å². The van der Waals surface area contributed by atoms with E-state index in [9.17, 15) is 0 Å². The lowest BCUT2D eigenvalue weighted by Gasteiger charge is -2.34. The maximum Gasteiger partial charge on any atom is 0.0110 e. The minimum Gasteiger partial charge on any atom is -0.330 e. The summed E-state index contributed by atoms with van der Waals surface area (Å²) < 4.78 is 0. The molecule has 94 valence electrons. The zero-order chi connectivity index (χ0) is 11.2. The molecular weight excluding hydrogens is 196 g/mol. The van der Waals surface area contributed by atoms with E-state index >= 15 is 0 Å². The standard InChI is InChI=1S/C14H28N2/c15-11-12-7-5-6-10-14(12)16-13-8-3-1-2-4-9-13/h12-14,16H,1-11,15H2. The van der Waals surface area contributed by atoms with Gasteiger partial charge in [-0.2, -0.15) is 0 Å². The van der Waals surface area contributed by atoms with Crippen LogP contribution in [0.2, 0.25) is 0 Å². The molecule has 2 atom stereocenters. The van der Waals surface area contributed by atoms with Crippen molar-refractivity contribution >= 4 is 0 Å². The van der Waals surface area contributed by atoms with Crippen LogP contribution in [0, 0.1) is 5.92 Å². The Hall–Kier alpha value is -0.0800. The van der Waals surface area contributed by atoms with E-state index in [2.05, 4.69) is 5.32 Å². The van der Waals surface area contributed by atoms with Crippen LogP contribution in [-0.4, -0.2) is 18.6 Å². The van der Waals surface area contributed by atoms with E-state index in [0.717, 1.165) is 24.5 Å². The summed E-state index contributed by atoms with van der Waals surface area (Å²) in [4.78, 5) is 0. The summed E-state index contributed by atoms with van der Waals surface area (Å²) in [6.07, 6.45) is 14.0. The van der Waals surface area contributed by atoms with Gasteiger partial charge in [-0.3, -0.25) is 0 Å². The zero-order valence-electron chi connectivity index (χ0n) is 10.6. The second-order valence-electron chi connectivity index (χ2n) is 5.74. The van der Waals surface area contributed by atoms with Gasteiger partial charge in [0.2, 0.25) is 0 Å². The first-order valence-corrected chi connectivity index (χ1v) is 7.36. The fraction of sp³-hybridized carbons (Fsp3) is 1.00. The topological polar surface area (TPSA) is 38.0 Å². The van der Waals surface area contributed by atoms with Crippen LogP contribution >= 0.6 is 0 Å². The Morgan fingerprint density at radius 2 is 1.44 bits per heavy atom. The Labute approximate surface area is 100 Å². The normalized spacial score (nSPS) is 33.6. The average Bonchev–Trinajstić information content (AvgIpc) is 2.58. The van der Waals surface area contributed by atoms with E-state index < -0.39 is 0 Å². The molecule has 0 aromatic rings. The highest BCUT2D eigenvalue weighted by atomic mass is 15.0. The Kier molecular flexibility index (Phi) is 5.11. The van der Waals surface area contributed by atoms with Crippen molar-refractivity contribution in [2.45, 2.75) is 76.3 Å². The Bertz CT molecular complexity index is 185. The molecule has 2 unspecified atom stereocenters. The number of rotatable bonds is 3. The predicted octanol–water partition coefficient (Wildman–Crippen LogP) is 2.82. The fourth-order valence-corrected chi connectivity index (χ4v) is 3.46. The van der Waals surface area contributed by atoms with Gasteiger partial charge in [-0.15, -0.1) is 0 Å². The molecule has 0 saturated heterocycles. The second kappa shape index (κ2) is 6.61. The van der Waals surface area contributed by atoms with Gasteiger partial charge in [0, 0.05) is 12.1 Å². The van der Waals surface area contributed by atoms with Crippen molar-refractivity contribution in [1.82, 2.24) is 5.32 Å². The lowest BCUT2D eigenvalue weighted by atomic mass is 9.84. The number of hydrogen-bond donors (Lipinski definition) is 2. The van der Waals surface area contributed by atoms with Crippen LogP contribution in [0.1, 0.15) is 64.2 Å². The molecule has 2 fully saturated rings. The quantitative estimate of drug-likeness (QED) is 0.723. The van der Waals surface area contributed by atoms with Crippen molar-refractivity contribution in [1.29, 1.82) is 0 Å². The van der Waals surface area contributed by atoms with Gasteiger partial charge in [0.1, 0.15) is 0 Å². The first kappa shape index (κ1) is 12.4. The molecule has 0 spiro atoms. The molecule has 2 rings (SSSR count). The molecule has 0 bridgehead atoms. The Morgan fingerprint density at radius 3 is 2.12 bits per heavy atom. The summed E-state index contributed by atoms with van der Waals surface area (Å²) >= 11 is 0. The van der Waals surface area contributed by atoms with Gasteiger partial charge < -0.3 is 11.1 Å². The molecule has 2 aliphatic rings. The van der Waals surface area contributed by atoms with E-state index in [1.54, 1.807) is 0 Å². The van der Waals surface area contributed by atoms with Gasteiger partial charge in [-0.05, 0) is 38.1 Å². The Morgan fingerprint density at radius 1 is 0.812 bits per heavy atom. The molecule has 3 N–H and O–H groups in total. The molecule has 2 saturated carbocycles. The van der Waals surface area contributed by atoms with Crippen LogP contribution in [0.3, 0.4) is 0 Å². The van der Waals surface area contributed by atoms with Gasteiger partial charge in [0.05, 0.1) is 0 Å². The molecule has 0 heterocycles. The fourth-order valence-electron chi connectivity index (χ4n) is 3.46. The van der Waals surface area contributed by atoms with Crippen LogP contribution in [0.5, 0.6) is 0 Å². The van der Waals surface area contributed by atoms with Crippen molar-refractivity contribution in [3.8, 4) is 0 Å². The molecule has 16 heavy (non-hydrogen) atoms. The van der Waals surface area contributed by atoms with Gasteiger partial charge in [-0.25, -0.2) is 0 Å². The highest BCUT2D eigenvalue weighted by molar-refractivity contribution is 4.85. The summed E-state index contributed by atoms with van der Waals surface area (Å²) in [5, 5.41) is 3.92. The number of hydrogen-bond acceptors (Lipinski definition) is 2. The third-order valence-electron chi connectivity index (χ3n) is 4.52. The van der Waals surface area contributed by atoms with E-state index in [1.807, 2.05) is 0 Å². The maximum absolute atomic E-state index is 5.89. The Balaban J connectivity index is 1.81. The SMILES string of the molecule is NCC1CCCCC1NC1CCCCCC1. The molecule has 0 aromatic heterocycles. The van der Waals surface area contributed by atoms with Crippen molar-refractivity contribution in [2.75, 3.05) is 6.54 Å². The summed E-state index contributed by atoms with van der Waals surface area (Å²) in [5.41, 5.74) is 5.89. The number of nitrogens with one attached hydrogen (secondary N) is 1. The molecule has 0 aliphatic heterocycles. The average molecular weight is 224 g/mol. The third-order valence-corrected chi connectivity index (χ3v) is 4.52. The third kappa shape index (κ3) is 3.46. The number of nitrogens with two attached hydrogens (primary N) is 1. The lowest BCUT2D eigenvalue weighted by Crippen LogP contribution is -2.46. The van der Waals surface area contributed by atoms with Crippen molar-refractivity contribution in [3.63, 3.8) is 0 Å². The van der Waals surface area contributed by atoms with Crippen LogP contribution in [0.4, 0.5) is 0 Å². The van der Waals surface area contributed by atoms with Gasteiger partial charge in [-0.1, -0.05) is 38.5 Å². The van der Waals surface area contributed by atoms with Crippen molar-refractivity contribution in [2.24, 2.45) is 11.7 Å². The van der Waals surface area contributed by atoms with Crippen LogP contribution in [0.15, 0.2) is 0 Å².